The molecule has 0 aliphatic carbocycles. The fraction of sp³-hybridized carbons (Fsp3) is 0.217. The number of aromatic nitrogens is 4. The number of tetrazole rings is 1. The summed E-state index contributed by atoms with van der Waals surface area (Å²) in [5.41, 5.74) is 2.16. The highest BCUT2D eigenvalue weighted by Gasteiger charge is 2.18. The van der Waals surface area contributed by atoms with Gasteiger partial charge in [-0.25, -0.2) is 13.5 Å². The third-order valence-electron chi connectivity index (χ3n) is 4.81. The Morgan fingerprint density at radius 3 is 2.03 bits per heavy atom. The Kier molecular flexibility index (Phi) is 7.75. The van der Waals surface area contributed by atoms with Crippen LogP contribution in [0, 0.1) is 11.6 Å². The lowest BCUT2D eigenvalue weighted by Gasteiger charge is -2.15. The van der Waals surface area contributed by atoms with Crippen LogP contribution in [0.2, 0.25) is 0 Å². The smallest absolute Gasteiger partial charge is 0.305 e. The second kappa shape index (κ2) is 10.7. The zero-order chi connectivity index (χ0) is 24.0. The number of halogens is 2. The van der Waals surface area contributed by atoms with Crippen molar-refractivity contribution < 1.29 is 28.9 Å². The second-order valence-corrected chi connectivity index (χ2v) is 7.34. The Hall–Kier alpha value is -3.76. The van der Waals surface area contributed by atoms with Crippen molar-refractivity contribution in [3.05, 3.63) is 89.3 Å². The summed E-state index contributed by atoms with van der Waals surface area (Å²) < 4.78 is 28.6. The van der Waals surface area contributed by atoms with Gasteiger partial charge in [-0.15, -0.1) is 5.10 Å². The summed E-state index contributed by atoms with van der Waals surface area (Å²) in [6.45, 7) is 0. The summed E-state index contributed by atoms with van der Waals surface area (Å²) in [6.07, 6.45) is -0.196. The van der Waals surface area contributed by atoms with Crippen LogP contribution >= 0.6 is 0 Å². The molecular weight excluding hydrogens is 434 g/mol. The van der Waals surface area contributed by atoms with Crippen LogP contribution < -0.4 is 0 Å². The van der Waals surface area contributed by atoms with Crippen molar-refractivity contribution in [3.63, 3.8) is 0 Å². The zero-order valence-corrected chi connectivity index (χ0v) is 17.6. The Morgan fingerprint density at radius 2 is 1.58 bits per heavy atom. The molecule has 1 aromatic heterocycles. The lowest BCUT2D eigenvalue weighted by Crippen LogP contribution is -2.19. The fourth-order valence-electron chi connectivity index (χ4n) is 3.29. The highest BCUT2D eigenvalue weighted by atomic mass is 19.1. The van der Waals surface area contributed by atoms with E-state index in [0.29, 0.717) is 28.1 Å². The molecule has 0 aliphatic heterocycles. The number of aryl methyl sites for hydroxylation is 1. The lowest BCUT2D eigenvalue weighted by atomic mass is 9.91. The van der Waals surface area contributed by atoms with E-state index in [-0.39, 0.29) is 6.42 Å². The van der Waals surface area contributed by atoms with Crippen LogP contribution in [0.5, 0.6) is 0 Å². The van der Waals surface area contributed by atoms with Crippen LogP contribution in [0.1, 0.15) is 29.8 Å². The first-order chi connectivity index (χ1) is 15.7. The average Bonchev–Trinajstić information content (AvgIpc) is 3.18. The van der Waals surface area contributed by atoms with Gasteiger partial charge in [-0.05, 0) is 51.4 Å². The summed E-state index contributed by atoms with van der Waals surface area (Å²) in [6, 6.07) is 11.4. The summed E-state index contributed by atoms with van der Waals surface area (Å²) in [4.78, 5) is 10.8. The predicted octanol–water partition coefficient (Wildman–Crippen LogP) is 2.59. The predicted molar refractivity (Wildman–Crippen MR) is 116 cm³/mol. The summed E-state index contributed by atoms with van der Waals surface area (Å²) in [5.74, 6) is -1.73. The minimum atomic E-state index is -1.24. The third-order valence-corrected chi connectivity index (χ3v) is 4.81. The van der Waals surface area contributed by atoms with Crippen LogP contribution in [-0.2, 0) is 11.8 Å². The van der Waals surface area contributed by atoms with Gasteiger partial charge in [0.2, 0.25) is 0 Å². The van der Waals surface area contributed by atoms with Gasteiger partial charge in [0.25, 0.3) is 0 Å². The topological polar surface area (TPSA) is 121 Å². The molecule has 3 N–H and O–H groups in total. The molecule has 8 nitrogen and oxygen atoms in total. The van der Waals surface area contributed by atoms with Gasteiger partial charge in [0.1, 0.15) is 11.6 Å². The van der Waals surface area contributed by atoms with Crippen LogP contribution in [0.4, 0.5) is 8.78 Å². The largest absolute Gasteiger partial charge is 0.481 e. The van der Waals surface area contributed by atoms with E-state index in [2.05, 4.69) is 15.5 Å². The number of aliphatic hydroxyl groups excluding tert-OH is 2. The quantitative estimate of drug-likeness (QED) is 0.423. The molecule has 1 unspecified atom stereocenters. The monoisotopic (exact) mass is 456 g/mol. The number of hydrogen-bond donors (Lipinski definition) is 3. The molecule has 0 spiro atoms. The van der Waals surface area contributed by atoms with Crippen molar-refractivity contribution in [2.45, 2.75) is 25.0 Å². The zero-order valence-electron chi connectivity index (χ0n) is 17.6. The SMILES string of the molecule is Cn1nnnc1C(/C=C/C(O)C[C@@H](O)CC(=O)O)=C(c1ccc(F)cc1)c1ccc(F)cc1. The van der Waals surface area contributed by atoms with Crippen molar-refractivity contribution in [2.75, 3.05) is 0 Å². The number of allylic oxidation sites excluding steroid dienone is 2. The van der Waals surface area contributed by atoms with Crippen molar-refractivity contribution in [3.8, 4) is 0 Å². The molecule has 33 heavy (non-hydrogen) atoms. The summed E-state index contributed by atoms with van der Waals surface area (Å²) >= 11 is 0. The normalized spacial score (nSPS) is 13.1. The van der Waals surface area contributed by atoms with Gasteiger partial charge in [-0.1, -0.05) is 36.4 Å². The molecule has 0 aliphatic rings. The third kappa shape index (κ3) is 6.37. The summed E-state index contributed by atoms with van der Waals surface area (Å²) in [5, 5.41) is 40.5. The molecule has 2 atom stereocenters. The number of aliphatic carboxylic acids is 1. The van der Waals surface area contributed by atoms with Crippen molar-refractivity contribution in [2.24, 2.45) is 7.05 Å². The van der Waals surface area contributed by atoms with Gasteiger partial charge in [0.05, 0.1) is 18.6 Å². The molecule has 1 heterocycles. The molecule has 3 aromatic rings. The van der Waals surface area contributed by atoms with Crippen LogP contribution in [-0.4, -0.2) is 53.7 Å². The number of benzene rings is 2. The first kappa shape index (κ1) is 23.9. The molecule has 10 heteroatoms. The molecule has 0 amide bonds. The highest BCUT2D eigenvalue weighted by Crippen LogP contribution is 2.32. The number of hydrogen-bond acceptors (Lipinski definition) is 6. The molecular formula is C23H22F2N4O4. The standard InChI is InChI=1S/C23H22F2N4O4/c1-29-23(26-27-28-29)20(11-10-18(30)12-19(31)13-21(32)33)22(14-2-6-16(24)7-3-14)15-4-8-17(25)9-5-15/h2-11,18-19,30-31H,12-13H2,1H3,(H,32,33)/b11-10+/t18?,19-/m1/s1. The van der Waals surface area contributed by atoms with Gasteiger partial charge < -0.3 is 15.3 Å². The number of carbonyl (C=O) groups is 1. The number of carboxylic acid groups (broad SMARTS) is 1. The van der Waals surface area contributed by atoms with Gasteiger partial charge >= 0.3 is 5.97 Å². The highest BCUT2D eigenvalue weighted by molar-refractivity contribution is 6.00. The number of carboxylic acids is 1. The molecule has 2 aromatic carbocycles. The molecule has 0 radical (unpaired) electrons. The van der Waals surface area contributed by atoms with E-state index in [1.807, 2.05) is 0 Å². The number of aliphatic hydroxyl groups is 2. The van der Waals surface area contributed by atoms with Gasteiger partial charge in [-0.3, -0.25) is 4.79 Å². The van der Waals surface area contributed by atoms with E-state index in [1.165, 1.54) is 41.1 Å². The van der Waals surface area contributed by atoms with E-state index < -0.39 is 36.2 Å². The molecule has 172 valence electrons. The van der Waals surface area contributed by atoms with E-state index >= 15 is 0 Å². The van der Waals surface area contributed by atoms with Gasteiger partial charge in [-0.2, -0.15) is 0 Å². The minimum absolute atomic E-state index is 0.199. The first-order valence-corrected chi connectivity index (χ1v) is 9.99. The average molecular weight is 456 g/mol. The van der Waals surface area contributed by atoms with Crippen LogP contribution in [0.15, 0.2) is 60.7 Å². The Morgan fingerprint density at radius 1 is 1.03 bits per heavy atom. The molecule has 0 saturated carbocycles. The van der Waals surface area contributed by atoms with Crippen molar-refractivity contribution in [1.29, 1.82) is 0 Å². The minimum Gasteiger partial charge on any atom is -0.481 e. The van der Waals surface area contributed by atoms with Crippen LogP contribution in [0.3, 0.4) is 0 Å². The Labute approximate surface area is 188 Å². The van der Waals surface area contributed by atoms with E-state index in [4.69, 9.17) is 5.11 Å². The molecule has 0 fully saturated rings. The molecule has 0 saturated heterocycles. The van der Waals surface area contributed by atoms with E-state index in [9.17, 15) is 23.8 Å². The van der Waals surface area contributed by atoms with E-state index in [1.54, 1.807) is 31.3 Å². The molecule has 0 bridgehead atoms. The number of rotatable bonds is 9. The summed E-state index contributed by atoms with van der Waals surface area (Å²) in [7, 11) is 1.61. The Balaban J connectivity index is 2.13. The van der Waals surface area contributed by atoms with Crippen LogP contribution in [0.25, 0.3) is 11.1 Å². The van der Waals surface area contributed by atoms with Gasteiger partial charge in [0.15, 0.2) is 5.82 Å². The Bertz CT molecular complexity index is 1110. The van der Waals surface area contributed by atoms with Crippen molar-refractivity contribution in [1.82, 2.24) is 20.2 Å². The number of nitrogens with zero attached hydrogens (tertiary/aromatic N) is 4. The lowest BCUT2D eigenvalue weighted by molar-refractivity contribution is -0.139. The maximum atomic E-state index is 13.6. The van der Waals surface area contributed by atoms with E-state index in [0.717, 1.165) is 0 Å². The van der Waals surface area contributed by atoms with Crippen molar-refractivity contribution >= 4 is 17.1 Å². The first-order valence-electron chi connectivity index (χ1n) is 9.99. The fourth-order valence-corrected chi connectivity index (χ4v) is 3.29. The molecule has 3 rings (SSSR count). The maximum Gasteiger partial charge on any atom is 0.305 e. The maximum absolute atomic E-state index is 13.6. The second-order valence-electron chi connectivity index (χ2n) is 7.34. The van der Waals surface area contributed by atoms with Gasteiger partial charge in [0, 0.05) is 19.0 Å².